The molecule has 0 spiro atoms. The molecule has 5 aromatic rings. The number of halogens is 3. The maximum absolute atomic E-state index is 13.0. The number of benzene rings is 1. The molecular weight excluding hydrogens is 563 g/mol. The van der Waals surface area contributed by atoms with Gasteiger partial charge >= 0.3 is 6.18 Å². The zero-order chi connectivity index (χ0) is 29.4. The van der Waals surface area contributed by atoms with Gasteiger partial charge in [-0.3, -0.25) is 10.00 Å². The monoisotopic (exact) mass is 589 g/mol. The number of aryl methyl sites for hydroxylation is 1. The largest absolute Gasteiger partial charge is 0.393 e. The van der Waals surface area contributed by atoms with E-state index < -0.39 is 12.6 Å². The van der Waals surface area contributed by atoms with Crippen molar-refractivity contribution in [1.82, 2.24) is 29.6 Å². The van der Waals surface area contributed by atoms with Crippen LogP contribution in [0.5, 0.6) is 0 Å². The van der Waals surface area contributed by atoms with Crippen LogP contribution >= 0.6 is 11.3 Å². The van der Waals surface area contributed by atoms with Crippen LogP contribution in [0.2, 0.25) is 0 Å². The van der Waals surface area contributed by atoms with Crippen molar-refractivity contribution in [3.8, 4) is 12.1 Å². The fraction of sp³-hybridized carbons (Fsp3) is 0.345. The van der Waals surface area contributed by atoms with Crippen LogP contribution in [-0.4, -0.2) is 54.9 Å². The van der Waals surface area contributed by atoms with E-state index in [1.54, 1.807) is 6.20 Å². The van der Waals surface area contributed by atoms with Gasteiger partial charge in [0.1, 0.15) is 28.5 Å². The molecule has 0 bridgehead atoms. The summed E-state index contributed by atoms with van der Waals surface area (Å²) >= 11 is 0.944. The number of nitrogens with one attached hydrogen (secondary N) is 2. The van der Waals surface area contributed by atoms with E-state index in [0.717, 1.165) is 65.8 Å². The summed E-state index contributed by atoms with van der Waals surface area (Å²) in [6, 6.07) is 11.9. The number of rotatable bonds is 7. The Labute approximate surface area is 243 Å². The molecule has 0 aliphatic carbocycles. The van der Waals surface area contributed by atoms with Gasteiger partial charge in [-0.1, -0.05) is 6.07 Å². The predicted molar refractivity (Wildman–Crippen MR) is 153 cm³/mol. The summed E-state index contributed by atoms with van der Waals surface area (Å²) in [6.07, 6.45) is -0.145. The first kappa shape index (κ1) is 27.7. The maximum atomic E-state index is 13.0. The van der Waals surface area contributed by atoms with Crippen LogP contribution in [-0.2, 0) is 19.5 Å². The summed E-state index contributed by atoms with van der Waals surface area (Å²) < 4.78 is 40.9. The molecule has 13 heteroatoms. The quantitative estimate of drug-likeness (QED) is 0.252. The SMILES string of the molecule is Cc1c(CN2CCC(Nc3nc(C#N)nc4sc(CC(F)(F)F)cc34)CC2)ccc2c1cc(C#N)n2Cc1cn[nH]c1. The molecule has 5 heterocycles. The fourth-order valence-corrected chi connectivity index (χ4v) is 6.65. The molecule has 0 unspecified atom stereocenters. The van der Waals surface area contributed by atoms with Crippen LogP contribution in [0.4, 0.5) is 19.0 Å². The van der Waals surface area contributed by atoms with Crippen molar-refractivity contribution < 1.29 is 13.2 Å². The Morgan fingerprint density at radius 2 is 1.90 bits per heavy atom. The van der Waals surface area contributed by atoms with Gasteiger partial charge in [-0.05, 0) is 49.1 Å². The maximum Gasteiger partial charge on any atom is 0.393 e. The number of aromatic nitrogens is 5. The van der Waals surface area contributed by atoms with Crippen LogP contribution in [0.15, 0.2) is 36.7 Å². The van der Waals surface area contributed by atoms with Gasteiger partial charge < -0.3 is 9.88 Å². The number of alkyl halides is 3. The van der Waals surface area contributed by atoms with Crippen LogP contribution in [0.25, 0.3) is 21.1 Å². The molecular formula is C29H26F3N9S. The minimum absolute atomic E-state index is 0.0631. The highest BCUT2D eigenvalue weighted by atomic mass is 32.1. The molecule has 0 amide bonds. The number of nitrogens with zero attached hydrogens (tertiary/aromatic N) is 7. The summed E-state index contributed by atoms with van der Waals surface area (Å²) in [6.45, 7) is 5.07. The van der Waals surface area contributed by atoms with Crippen molar-refractivity contribution in [1.29, 1.82) is 10.5 Å². The Bertz CT molecular complexity index is 1830. The van der Waals surface area contributed by atoms with Crippen molar-refractivity contribution in [2.45, 2.75) is 51.5 Å². The van der Waals surface area contributed by atoms with E-state index in [1.165, 1.54) is 11.6 Å². The summed E-state index contributed by atoms with van der Waals surface area (Å²) in [4.78, 5) is 11.3. The Balaban J connectivity index is 1.14. The molecule has 0 atom stereocenters. The van der Waals surface area contributed by atoms with Crippen LogP contribution in [0, 0.1) is 29.6 Å². The summed E-state index contributed by atoms with van der Waals surface area (Å²) in [5.41, 5.74) is 4.96. The number of anilines is 1. The van der Waals surface area contributed by atoms with E-state index in [-0.39, 0.29) is 16.7 Å². The third-order valence-corrected chi connectivity index (χ3v) is 8.75. The topological polar surface area (TPSA) is 122 Å². The normalized spacial score (nSPS) is 14.8. The number of thiophene rings is 1. The van der Waals surface area contributed by atoms with E-state index in [0.29, 0.717) is 28.3 Å². The first-order valence-electron chi connectivity index (χ1n) is 13.5. The predicted octanol–water partition coefficient (Wildman–Crippen LogP) is 5.65. The molecule has 1 saturated heterocycles. The van der Waals surface area contributed by atoms with Crippen molar-refractivity contribution in [2.24, 2.45) is 0 Å². The first-order chi connectivity index (χ1) is 20.2. The Kier molecular flexibility index (Phi) is 7.31. The number of fused-ring (bicyclic) bond motifs is 2. The van der Waals surface area contributed by atoms with Gasteiger partial charge in [0.05, 0.1) is 24.5 Å². The average Bonchev–Trinajstić information content (AvgIpc) is 3.70. The van der Waals surface area contributed by atoms with Crippen molar-refractivity contribution >= 4 is 38.3 Å². The zero-order valence-electron chi connectivity index (χ0n) is 22.7. The Morgan fingerprint density at radius 3 is 2.60 bits per heavy atom. The van der Waals surface area contributed by atoms with E-state index >= 15 is 0 Å². The third-order valence-electron chi connectivity index (χ3n) is 7.72. The molecule has 2 N–H and O–H groups in total. The highest BCUT2D eigenvalue weighted by molar-refractivity contribution is 7.18. The third kappa shape index (κ3) is 5.66. The molecule has 4 aromatic heterocycles. The second kappa shape index (κ2) is 11.1. The van der Waals surface area contributed by atoms with E-state index in [9.17, 15) is 23.7 Å². The smallest absolute Gasteiger partial charge is 0.367 e. The standard InChI is InChI=1S/C29H26F3N9S/c1-17-19(2-3-25-23(17)8-21(11-33)41(25)15-18-13-35-36-14-18)16-40-6-4-20(5-7-40)37-27-24-9-22(10-29(30,31)32)42-28(24)39-26(12-34)38-27/h2-3,8-9,13-14,20H,4-7,10,15-16H2,1H3,(H,35,36)(H,37,38,39). The van der Waals surface area contributed by atoms with Gasteiger partial charge in [0.15, 0.2) is 0 Å². The van der Waals surface area contributed by atoms with Crippen molar-refractivity contribution in [2.75, 3.05) is 18.4 Å². The van der Waals surface area contributed by atoms with Crippen LogP contribution in [0.1, 0.15) is 45.9 Å². The van der Waals surface area contributed by atoms with E-state index in [1.807, 2.05) is 22.9 Å². The van der Waals surface area contributed by atoms with Crippen molar-refractivity contribution in [3.63, 3.8) is 0 Å². The molecule has 1 aromatic carbocycles. The van der Waals surface area contributed by atoms with Gasteiger partial charge in [0.2, 0.25) is 5.82 Å². The number of hydrogen-bond acceptors (Lipinski definition) is 8. The molecule has 1 fully saturated rings. The number of hydrogen-bond donors (Lipinski definition) is 2. The molecule has 214 valence electrons. The molecule has 0 radical (unpaired) electrons. The Morgan fingerprint density at radius 1 is 1.10 bits per heavy atom. The van der Waals surface area contributed by atoms with Gasteiger partial charge in [-0.25, -0.2) is 9.97 Å². The number of likely N-dealkylation sites (tertiary alicyclic amines) is 1. The highest BCUT2D eigenvalue weighted by Crippen LogP contribution is 2.34. The highest BCUT2D eigenvalue weighted by Gasteiger charge is 2.29. The lowest BCUT2D eigenvalue weighted by Gasteiger charge is -2.33. The number of aromatic amines is 1. The second-order valence-corrected chi connectivity index (χ2v) is 11.7. The summed E-state index contributed by atoms with van der Waals surface area (Å²) in [5.74, 6) is 0.348. The molecule has 42 heavy (non-hydrogen) atoms. The molecule has 1 aliphatic rings. The number of piperidine rings is 1. The van der Waals surface area contributed by atoms with Gasteiger partial charge in [0, 0.05) is 53.2 Å². The summed E-state index contributed by atoms with van der Waals surface area (Å²) in [7, 11) is 0. The second-order valence-electron chi connectivity index (χ2n) is 10.5. The fourth-order valence-electron chi connectivity index (χ4n) is 5.59. The molecule has 9 nitrogen and oxygen atoms in total. The summed E-state index contributed by atoms with van der Waals surface area (Å²) in [5, 5.41) is 30.9. The van der Waals surface area contributed by atoms with Crippen LogP contribution in [0.3, 0.4) is 0 Å². The van der Waals surface area contributed by atoms with Gasteiger partial charge in [0.25, 0.3) is 0 Å². The number of nitriles is 2. The van der Waals surface area contributed by atoms with E-state index in [2.05, 4.69) is 55.5 Å². The Hall–Kier alpha value is -4.46. The zero-order valence-corrected chi connectivity index (χ0v) is 23.5. The molecule has 1 aliphatic heterocycles. The van der Waals surface area contributed by atoms with Gasteiger partial charge in [-0.2, -0.15) is 28.8 Å². The van der Waals surface area contributed by atoms with Crippen LogP contribution < -0.4 is 5.32 Å². The first-order valence-corrected chi connectivity index (χ1v) is 14.3. The molecule has 0 saturated carbocycles. The van der Waals surface area contributed by atoms with Crippen molar-refractivity contribution in [3.05, 3.63) is 69.7 Å². The lowest BCUT2D eigenvalue weighted by molar-refractivity contribution is -0.126. The minimum Gasteiger partial charge on any atom is -0.367 e. The molecule has 6 rings (SSSR count). The average molecular weight is 590 g/mol. The van der Waals surface area contributed by atoms with E-state index in [4.69, 9.17) is 0 Å². The lowest BCUT2D eigenvalue weighted by Crippen LogP contribution is -2.39. The lowest BCUT2D eigenvalue weighted by atomic mass is 10.0. The van der Waals surface area contributed by atoms with Gasteiger partial charge in [-0.15, -0.1) is 11.3 Å². The number of H-pyrrole nitrogens is 1. The minimum atomic E-state index is -4.32.